The summed E-state index contributed by atoms with van der Waals surface area (Å²) >= 11 is 1.05. The van der Waals surface area contributed by atoms with Crippen LogP contribution in [0.2, 0.25) is 0 Å². The molecule has 7 heteroatoms. The molecule has 3 N–H and O–H groups in total. The van der Waals surface area contributed by atoms with Gasteiger partial charge in [-0.15, -0.1) is 11.3 Å². The van der Waals surface area contributed by atoms with Gasteiger partial charge in [0.15, 0.2) is 5.82 Å². The Labute approximate surface area is 140 Å². The van der Waals surface area contributed by atoms with Gasteiger partial charge >= 0.3 is 5.97 Å². The second kappa shape index (κ2) is 5.47. The molecule has 6 nitrogen and oxygen atoms in total. The summed E-state index contributed by atoms with van der Waals surface area (Å²) < 4.78 is 5.14. The SMILES string of the molecule is Nc1c(C(=O)O)sc2nc(-c3ccccc3)nc(-c3ccoc3)c12. The van der Waals surface area contributed by atoms with Crippen LogP contribution in [0.5, 0.6) is 0 Å². The molecule has 118 valence electrons. The number of anilines is 1. The van der Waals surface area contributed by atoms with Crippen LogP contribution < -0.4 is 5.73 Å². The van der Waals surface area contributed by atoms with Crippen LogP contribution in [0.25, 0.3) is 32.9 Å². The summed E-state index contributed by atoms with van der Waals surface area (Å²) in [6.45, 7) is 0. The zero-order valence-corrected chi connectivity index (χ0v) is 13.1. The summed E-state index contributed by atoms with van der Waals surface area (Å²) in [6, 6.07) is 11.3. The van der Waals surface area contributed by atoms with Crippen LogP contribution in [-0.4, -0.2) is 21.0 Å². The lowest BCUT2D eigenvalue weighted by molar-refractivity contribution is 0.0703. The van der Waals surface area contributed by atoms with E-state index in [1.807, 2.05) is 30.3 Å². The third-order valence-electron chi connectivity index (χ3n) is 3.61. The van der Waals surface area contributed by atoms with Crippen molar-refractivity contribution in [3.05, 3.63) is 53.8 Å². The molecule has 4 aromatic rings. The summed E-state index contributed by atoms with van der Waals surface area (Å²) in [5.74, 6) is -0.563. The number of aromatic carboxylic acids is 1. The van der Waals surface area contributed by atoms with E-state index in [2.05, 4.69) is 9.97 Å². The van der Waals surface area contributed by atoms with Crippen LogP contribution >= 0.6 is 11.3 Å². The molecule has 0 saturated heterocycles. The number of furan rings is 1. The number of nitrogens with zero attached hydrogens (tertiary/aromatic N) is 2. The average molecular weight is 337 g/mol. The first-order valence-electron chi connectivity index (χ1n) is 7.06. The number of fused-ring (bicyclic) bond motifs is 1. The lowest BCUT2D eigenvalue weighted by Gasteiger charge is -2.05. The molecule has 0 amide bonds. The number of carbonyl (C=O) groups is 1. The van der Waals surface area contributed by atoms with E-state index in [0.29, 0.717) is 21.7 Å². The van der Waals surface area contributed by atoms with Crippen molar-refractivity contribution in [2.75, 3.05) is 5.73 Å². The van der Waals surface area contributed by atoms with E-state index in [1.165, 1.54) is 6.26 Å². The number of aromatic nitrogens is 2. The third kappa shape index (κ3) is 2.22. The number of nitrogen functional groups attached to an aromatic ring is 1. The molecule has 0 radical (unpaired) electrons. The number of nitrogens with two attached hydrogens (primary N) is 1. The Morgan fingerprint density at radius 1 is 1.12 bits per heavy atom. The summed E-state index contributed by atoms with van der Waals surface area (Å²) in [4.78, 5) is 21.1. The van der Waals surface area contributed by atoms with E-state index >= 15 is 0 Å². The van der Waals surface area contributed by atoms with E-state index < -0.39 is 5.97 Å². The topological polar surface area (TPSA) is 102 Å². The molecule has 0 atom stereocenters. The van der Waals surface area contributed by atoms with Gasteiger partial charge in [0, 0.05) is 11.1 Å². The van der Waals surface area contributed by atoms with E-state index in [-0.39, 0.29) is 10.6 Å². The van der Waals surface area contributed by atoms with Gasteiger partial charge in [0.05, 0.1) is 29.3 Å². The van der Waals surface area contributed by atoms with Gasteiger partial charge in [-0.3, -0.25) is 0 Å². The lowest BCUT2D eigenvalue weighted by atomic mass is 10.1. The fourth-order valence-corrected chi connectivity index (χ4v) is 3.44. The second-order valence-corrected chi connectivity index (χ2v) is 6.10. The molecule has 0 bridgehead atoms. The monoisotopic (exact) mass is 337 g/mol. The predicted octanol–water partition coefficient (Wildman–Crippen LogP) is 3.90. The van der Waals surface area contributed by atoms with Crippen LogP contribution in [0.1, 0.15) is 9.67 Å². The standard InChI is InChI=1S/C17H11N3O3S/c18-12-11-13(10-6-7-23-8-10)19-15(9-4-2-1-3-5-9)20-16(11)24-14(12)17(21)22/h1-8H,18H2,(H,21,22). The summed E-state index contributed by atoms with van der Waals surface area (Å²) in [5.41, 5.74) is 8.36. The third-order valence-corrected chi connectivity index (χ3v) is 4.70. The van der Waals surface area contributed by atoms with Crippen molar-refractivity contribution in [1.82, 2.24) is 9.97 Å². The molecule has 0 spiro atoms. The summed E-state index contributed by atoms with van der Waals surface area (Å²) in [6.07, 6.45) is 3.08. The van der Waals surface area contributed by atoms with Crippen molar-refractivity contribution < 1.29 is 14.3 Å². The number of carboxylic acid groups (broad SMARTS) is 1. The van der Waals surface area contributed by atoms with Crippen molar-refractivity contribution in [3.8, 4) is 22.6 Å². The first-order valence-corrected chi connectivity index (χ1v) is 7.88. The second-order valence-electron chi connectivity index (χ2n) is 5.10. The van der Waals surface area contributed by atoms with Crippen molar-refractivity contribution in [2.45, 2.75) is 0 Å². The Balaban J connectivity index is 2.07. The summed E-state index contributed by atoms with van der Waals surface area (Å²) in [5, 5.41) is 9.88. The van der Waals surface area contributed by atoms with Crippen LogP contribution in [0.15, 0.2) is 53.3 Å². The van der Waals surface area contributed by atoms with Gasteiger partial charge in [-0.05, 0) is 6.07 Å². The molecule has 0 aliphatic carbocycles. The van der Waals surface area contributed by atoms with Crippen LogP contribution in [0.3, 0.4) is 0 Å². The van der Waals surface area contributed by atoms with E-state index in [4.69, 9.17) is 10.2 Å². The first kappa shape index (κ1) is 14.4. The Bertz CT molecular complexity index is 1040. The Kier molecular flexibility index (Phi) is 3.28. The highest BCUT2D eigenvalue weighted by Gasteiger charge is 2.22. The molecular formula is C17H11N3O3S. The highest BCUT2D eigenvalue weighted by Crippen LogP contribution is 2.39. The highest BCUT2D eigenvalue weighted by molar-refractivity contribution is 7.21. The lowest BCUT2D eigenvalue weighted by Crippen LogP contribution is -1.98. The number of hydrogen-bond donors (Lipinski definition) is 2. The molecule has 3 heterocycles. The maximum atomic E-state index is 11.4. The van der Waals surface area contributed by atoms with E-state index in [9.17, 15) is 9.90 Å². The number of carboxylic acids is 1. The molecule has 24 heavy (non-hydrogen) atoms. The maximum Gasteiger partial charge on any atom is 0.348 e. The Hall–Kier alpha value is -3.19. The van der Waals surface area contributed by atoms with E-state index in [1.54, 1.807) is 12.3 Å². The average Bonchev–Trinajstić information content (AvgIpc) is 3.23. The molecule has 0 fully saturated rings. The minimum atomic E-state index is -1.07. The maximum absolute atomic E-state index is 11.4. The van der Waals surface area contributed by atoms with Crippen LogP contribution in [0, 0.1) is 0 Å². The molecule has 3 aromatic heterocycles. The Morgan fingerprint density at radius 2 is 1.92 bits per heavy atom. The zero-order valence-electron chi connectivity index (χ0n) is 12.3. The number of benzene rings is 1. The minimum Gasteiger partial charge on any atom is -0.477 e. The van der Waals surface area contributed by atoms with Crippen molar-refractivity contribution in [1.29, 1.82) is 0 Å². The quantitative estimate of drug-likeness (QED) is 0.588. The molecule has 1 aromatic carbocycles. The normalized spacial score (nSPS) is 11.0. The van der Waals surface area contributed by atoms with Crippen molar-refractivity contribution >= 4 is 33.2 Å². The first-order chi connectivity index (χ1) is 11.6. The van der Waals surface area contributed by atoms with Gasteiger partial charge in [0.2, 0.25) is 0 Å². The fraction of sp³-hybridized carbons (Fsp3) is 0. The van der Waals surface area contributed by atoms with Crippen LogP contribution in [0.4, 0.5) is 5.69 Å². The van der Waals surface area contributed by atoms with Gasteiger partial charge in [-0.1, -0.05) is 30.3 Å². The minimum absolute atomic E-state index is 0.0641. The number of thiophene rings is 1. The number of rotatable bonds is 3. The molecule has 0 aliphatic heterocycles. The van der Waals surface area contributed by atoms with Crippen molar-refractivity contribution in [3.63, 3.8) is 0 Å². The highest BCUT2D eigenvalue weighted by atomic mass is 32.1. The predicted molar refractivity (Wildman–Crippen MR) is 91.9 cm³/mol. The largest absolute Gasteiger partial charge is 0.477 e. The molecular weight excluding hydrogens is 326 g/mol. The van der Waals surface area contributed by atoms with Gasteiger partial charge in [-0.25, -0.2) is 14.8 Å². The van der Waals surface area contributed by atoms with Crippen molar-refractivity contribution in [2.24, 2.45) is 0 Å². The molecule has 0 saturated carbocycles. The zero-order chi connectivity index (χ0) is 16.7. The van der Waals surface area contributed by atoms with Gasteiger partial charge in [0.25, 0.3) is 0 Å². The number of hydrogen-bond acceptors (Lipinski definition) is 6. The summed E-state index contributed by atoms with van der Waals surface area (Å²) in [7, 11) is 0. The van der Waals surface area contributed by atoms with Crippen LogP contribution in [-0.2, 0) is 0 Å². The smallest absolute Gasteiger partial charge is 0.348 e. The van der Waals surface area contributed by atoms with Gasteiger partial charge in [-0.2, -0.15) is 0 Å². The molecule has 0 aliphatic rings. The van der Waals surface area contributed by atoms with E-state index in [0.717, 1.165) is 22.5 Å². The van der Waals surface area contributed by atoms with Gasteiger partial charge in [0.1, 0.15) is 9.71 Å². The molecule has 0 unspecified atom stereocenters. The Morgan fingerprint density at radius 3 is 2.58 bits per heavy atom. The van der Waals surface area contributed by atoms with Gasteiger partial charge < -0.3 is 15.3 Å². The molecule has 4 rings (SSSR count). The fourth-order valence-electron chi connectivity index (χ4n) is 2.51.